The number of rotatable bonds is 8. The van der Waals surface area contributed by atoms with E-state index >= 15 is 0 Å². The Hall–Kier alpha value is -1.93. The first-order valence-corrected chi connectivity index (χ1v) is 10.0. The number of hydrogen-bond acceptors (Lipinski definition) is 4. The van der Waals surface area contributed by atoms with E-state index in [1.165, 1.54) is 16.4 Å². The number of sulfonamides is 1. The van der Waals surface area contributed by atoms with Gasteiger partial charge in [-0.15, -0.1) is 12.4 Å². The highest BCUT2D eigenvalue weighted by molar-refractivity contribution is 7.89. The summed E-state index contributed by atoms with van der Waals surface area (Å²) in [5.41, 5.74) is 7.29. The molecule has 1 atom stereocenters. The van der Waals surface area contributed by atoms with Crippen LogP contribution in [-0.4, -0.2) is 38.3 Å². The molecule has 0 aliphatic rings. The number of hydrogen-bond donors (Lipinski definition) is 2. The van der Waals surface area contributed by atoms with E-state index in [1.807, 2.05) is 30.3 Å². The van der Waals surface area contributed by atoms with Crippen molar-refractivity contribution in [1.29, 1.82) is 0 Å². The van der Waals surface area contributed by atoms with Crippen molar-refractivity contribution in [3.63, 3.8) is 0 Å². The first-order valence-electron chi connectivity index (χ1n) is 8.59. The summed E-state index contributed by atoms with van der Waals surface area (Å²) in [6, 6.07) is 15.2. The van der Waals surface area contributed by atoms with Gasteiger partial charge in [0.2, 0.25) is 10.0 Å². The second-order valence-corrected chi connectivity index (χ2v) is 7.78. The molecule has 0 aromatic heterocycles. The fourth-order valence-corrected chi connectivity index (χ4v) is 4.14. The zero-order valence-corrected chi connectivity index (χ0v) is 17.1. The van der Waals surface area contributed by atoms with Crippen LogP contribution in [0.2, 0.25) is 0 Å². The maximum atomic E-state index is 12.6. The third-order valence-electron chi connectivity index (χ3n) is 4.15. The van der Waals surface area contributed by atoms with Gasteiger partial charge in [0.15, 0.2) is 0 Å². The predicted molar refractivity (Wildman–Crippen MR) is 110 cm³/mol. The zero-order valence-electron chi connectivity index (χ0n) is 15.5. The van der Waals surface area contributed by atoms with Crippen molar-refractivity contribution in [3.05, 3.63) is 65.7 Å². The summed E-state index contributed by atoms with van der Waals surface area (Å²) < 4.78 is 26.5. The van der Waals surface area contributed by atoms with E-state index in [0.29, 0.717) is 18.7 Å². The first-order chi connectivity index (χ1) is 12.4. The number of benzene rings is 2. The average Bonchev–Trinajstić information content (AvgIpc) is 2.67. The quantitative estimate of drug-likeness (QED) is 0.698. The molecule has 3 N–H and O–H groups in total. The molecule has 0 aliphatic heterocycles. The average molecular weight is 412 g/mol. The van der Waals surface area contributed by atoms with Crippen molar-refractivity contribution >= 4 is 28.3 Å². The third kappa shape index (κ3) is 5.77. The molecule has 0 radical (unpaired) electrons. The standard InChI is InChI=1S/C19H25N3O3S.ClH/c1-3-22(4-2)26(24,25)17-12-8-11-16(13-17)19(23)21-14-18(20)15-9-6-5-7-10-15;/h5-13,18H,3-4,14,20H2,1-2H3,(H,21,23);1H. The Balaban J connectivity index is 0.00000364. The molecule has 1 unspecified atom stereocenters. The van der Waals surface area contributed by atoms with Crippen LogP contribution in [0.25, 0.3) is 0 Å². The monoisotopic (exact) mass is 411 g/mol. The van der Waals surface area contributed by atoms with E-state index in [0.717, 1.165) is 5.56 Å². The van der Waals surface area contributed by atoms with Gasteiger partial charge in [-0.1, -0.05) is 50.2 Å². The van der Waals surface area contributed by atoms with E-state index in [4.69, 9.17) is 5.73 Å². The van der Waals surface area contributed by atoms with Gasteiger partial charge in [0.25, 0.3) is 5.91 Å². The predicted octanol–water partition coefficient (Wildman–Crippen LogP) is 2.57. The van der Waals surface area contributed by atoms with Crippen LogP contribution in [0.15, 0.2) is 59.5 Å². The lowest BCUT2D eigenvalue weighted by Crippen LogP contribution is -2.32. The summed E-state index contributed by atoms with van der Waals surface area (Å²) in [7, 11) is -3.60. The maximum absolute atomic E-state index is 12.6. The van der Waals surface area contributed by atoms with Crippen LogP contribution in [0.4, 0.5) is 0 Å². The van der Waals surface area contributed by atoms with Gasteiger partial charge in [0.1, 0.15) is 0 Å². The Morgan fingerprint density at radius 3 is 2.30 bits per heavy atom. The Morgan fingerprint density at radius 1 is 1.07 bits per heavy atom. The Morgan fingerprint density at radius 2 is 1.70 bits per heavy atom. The normalized spacial score (nSPS) is 12.3. The summed E-state index contributed by atoms with van der Waals surface area (Å²) in [5, 5.41) is 2.76. The van der Waals surface area contributed by atoms with Crippen molar-refractivity contribution in [2.24, 2.45) is 5.73 Å². The van der Waals surface area contributed by atoms with Crippen LogP contribution < -0.4 is 11.1 Å². The van der Waals surface area contributed by atoms with E-state index in [1.54, 1.807) is 26.0 Å². The van der Waals surface area contributed by atoms with Crippen molar-refractivity contribution in [2.45, 2.75) is 24.8 Å². The van der Waals surface area contributed by atoms with E-state index in [9.17, 15) is 13.2 Å². The number of nitrogens with one attached hydrogen (secondary N) is 1. The Labute approximate surface area is 167 Å². The lowest BCUT2D eigenvalue weighted by atomic mass is 10.1. The van der Waals surface area contributed by atoms with Crippen molar-refractivity contribution in [2.75, 3.05) is 19.6 Å². The van der Waals surface area contributed by atoms with Crippen molar-refractivity contribution < 1.29 is 13.2 Å². The fraction of sp³-hybridized carbons (Fsp3) is 0.316. The fourth-order valence-electron chi connectivity index (χ4n) is 2.63. The highest BCUT2D eigenvalue weighted by Gasteiger charge is 2.22. The third-order valence-corrected chi connectivity index (χ3v) is 6.20. The molecule has 2 aromatic rings. The van der Waals surface area contributed by atoms with Crippen LogP contribution >= 0.6 is 12.4 Å². The molecule has 1 amide bonds. The molecule has 2 aromatic carbocycles. The lowest BCUT2D eigenvalue weighted by Gasteiger charge is -2.19. The number of amides is 1. The summed E-state index contributed by atoms with van der Waals surface area (Å²) in [5.74, 6) is -0.354. The van der Waals surface area contributed by atoms with E-state index in [2.05, 4.69) is 5.32 Å². The van der Waals surface area contributed by atoms with Gasteiger partial charge in [0.05, 0.1) is 4.90 Å². The van der Waals surface area contributed by atoms with Crippen LogP contribution in [0.5, 0.6) is 0 Å². The van der Waals surface area contributed by atoms with Crippen LogP contribution in [0, 0.1) is 0 Å². The summed E-state index contributed by atoms with van der Waals surface area (Å²) in [4.78, 5) is 12.5. The molecule has 0 fully saturated rings. The van der Waals surface area contributed by atoms with Gasteiger partial charge >= 0.3 is 0 Å². The SMILES string of the molecule is CCN(CC)S(=O)(=O)c1cccc(C(=O)NCC(N)c2ccccc2)c1.Cl. The Kier molecular flexibility index (Phi) is 8.92. The Bertz CT molecular complexity index is 840. The highest BCUT2D eigenvalue weighted by Crippen LogP contribution is 2.17. The molecular formula is C19H26ClN3O3S. The molecule has 27 heavy (non-hydrogen) atoms. The molecule has 0 spiro atoms. The number of carbonyl (C=O) groups is 1. The lowest BCUT2D eigenvalue weighted by molar-refractivity contribution is 0.0951. The molecule has 0 saturated heterocycles. The number of halogens is 1. The van der Waals surface area contributed by atoms with Gasteiger partial charge in [-0.3, -0.25) is 4.79 Å². The minimum atomic E-state index is -3.60. The van der Waals surface area contributed by atoms with Gasteiger partial charge in [-0.05, 0) is 23.8 Å². The number of carbonyl (C=O) groups excluding carboxylic acids is 1. The first kappa shape index (κ1) is 23.1. The summed E-state index contributed by atoms with van der Waals surface area (Å²) >= 11 is 0. The van der Waals surface area contributed by atoms with Gasteiger partial charge < -0.3 is 11.1 Å². The van der Waals surface area contributed by atoms with Crippen LogP contribution in [-0.2, 0) is 10.0 Å². The topological polar surface area (TPSA) is 92.5 Å². The highest BCUT2D eigenvalue weighted by atomic mass is 35.5. The van der Waals surface area contributed by atoms with Crippen molar-refractivity contribution in [1.82, 2.24) is 9.62 Å². The minimum Gasteiger partial charge on any atom is -0.350 e. The smallest absolute Gasteiger partial charge is 0.251 e. The van der Waals surface area contributed by atoms with Gasteiger partial charge in [-0.25, -0.2) is 8.42 Å². The second kappa shape index (κ2) is 10.4. The van der Waals surface area contributed by atoms with Gasteiger partial charge in [0, 0.05) is 31.2 Å². The number of nitrogens with two attached hydrogens (primary N) is 1. The van der Waals surface area contributed by atoms with Crippen molar-refractivity contribution in [3.8, 4) is 0 Å². The number of nitrogens with zero attached hydrogens (tertiary/aromatic N) is 1. The van der Waals surface area contributed by atoms with E-state index < -0.39 is 10.0 Å². The molecule has 0 heterocycles. The van der Waals surface area contributed by atoms with Crippen LogP contribution in [0.3, 0.4) is 0 Å². The molecule has 0 aliphatic carbocycles. The molecule has 148 valence electrons. The summed E-state index contributed by atoms with van der Waals surface area (Å²) in [6.45, 7) is 4.57. The molecule has 0 saturated carbocycles. The molecule has 0 bridgehead atoms. The zero-order chi connectivity index (χ0) is 19.2. The molecular weight excluding hydrogens is 386 g/mol. The van der Waals surface area contributed by atoms with Gasteiger partial charge in [-0.2, -0.15) is 4.31 Å². The van der Waals surface area contributed by atoms with Crippen LogP contribution in [0.1, 0.15) is 35.8 Å². The molecule has 6 nitrogen and oxygen atoms in total. The largest absolute Gasteiger partial charge is 0.350 e. The molecule has 2 rings (SSSR count). The maximum Gasteiger partial charge on any atom is 0.251 e. The molecule has 8 heteroatoms. The second-order valence-electron chi connectivity index (χ2n) is 5.84. The van der Waals surface area contributed by atoms with E-state index in [-0.39, 0.29) is 35.8 Å². The summed E-state index contributed by atoms with van der Waals surface area (Å²) in [6.07, 6.45) is 0. The minimum absolute atomic E-state index is 0.